The minimum Gasteiger partial charge on any atom is -0.344 e. The third kappa shape index (κ3) is 2.74. The third-order valence-electron chi connectivity index (χ3n) is 10.3. The van der Waals surface area contributed by atoms with Gasteiger partial charge in [0.05, 0.1) is 6.10 Å². The Balaban J connectivity index is 1.41. The van der Waals surface area contributed by atoms with E-state index in [-0.39, 0.29) is 22.7 Å². The van der Waals surface area contributed by atoms with Crippen LogP contribution in [0.2, 0.25) is 0 Å². The molecule has 7 atom stereocenters. The van der Waals surface area contributed by atoms with Crippen LogP contribution in [0.15, 0.2) is 59.7 Å². The first kappa shape index (κ1) is 22.5. The molecule has 1 saturated heterocycles. The van der Waals surface area contributed by atoms with Gasteiger partial charge in [-0.1, -0.05) is 68.0 Å². The number of ether oxygens (including phenoxy) is 2. The minimum atomic E-state index is -0.822. The van der Waals surface area contributed by atoms with Crippen LogP contribution in [0.25, 0.3) is 5.57 Å². The third-order valence-corrected chi connectivity index (χ3v) is 10.3. The summed E-state index contributed by atoms with van der Waals surface area (Å²) in [6.45, 7) is 12.8. The molecule has 34 heavy (non-hydrogen) atoms. The lowest BCUT2D eigenvalue weighted by Gasteiger charge is -2.58. The van der Waals surface area contributed by atoms with Crippen molar-refractivity contribution in [3.05, 3.63) is 65.3 Å². The van der Waals surface area contributed by atoms with Gasteiger partial charge in [-0.15, -0.1) is 0 Å². The molecular weight excluding hydrogens is 420 g/mol. The Bertz CT molecular complexity index is 1140. The normalized spacial score (nSPS) is 44.1. The van der Waals surface area contributed by atoms with Gasteiger partial charge >= 0.3 is 0 Å². The van der Waals surface area contributed by atoms with Gasteiger partial charge in [0, 0.05) is 5.41 Å². The molecule has 180 valence electrons. The maximum atomic E-state index is 13.2. The van der Waals surface area contributed by atoms with Crippen LogP contribution in [0.5, 0.6) is 0 Å². The van der Waals surface area contributed by atoms with Crippen molar-refractivity contribution in [2.24, 2.45) is 28.6 Å². The van der Waals surface area contributed by atoms with Crippen LogP contribution in [0.1, 0.15) is 72.8 Å². The lowest BCUT2D eigenvalue weighted by Crippen LogP contribution is -2.59. The molecule has 0 aromatic heterocycles. The largest absolute Gasteiger partial charge is 0.344 e. The quantitative estimate of drug-likeness (QED) is 0.484. The highest BCUT2D eigenvalue weighted by Crippen LogP contribution is 2.70. The maximum absolute atomic E-state index is 13.2. The average molecular weight is 459 g/mol. The Kier molecular flexibility index (Phi) is 4.66. The molecule has 0 unspecified atom stereocenters. The van der Waals surface area contributed by atoms with Crippen molar-refractivity contribution in [2.75, 3.05) is 0 Å². The lowest BCUT2D eigenvalue weighted by molar-refractivity contribution is -0.210. The maximum Gasteiger partial charge on any atom is 0.164 e. The van der Waals surface area contributed by atoms with E-state index < -0.39 is 11.4 Å². The van der Waals surface area contributed by atoms with Gasteiger partial charge in [0.2, 0.25) is 0 Å². The second-order valence-corrected chi connectivity index (χ2v) is 12.4. The number of fused-ring (bicyclic) bond motifs is 7. The van der Waals surface area contributed by atoms with E-state index >= 15 is 0 Å². The molecule has 6 rings (SSSR count). The average Bonchev–Trinajstić information content (AvgIpc) is 3.20. The zero-order valence-corrected chi connectivity index (χ0v) is 21.5. The molecule has 4 aliphatic carbocycles. The van der Waals surface area contributed by atoms with Crippen LogP contribution in [-0.4, -0.2) is 23.3 Å². The van der Waals surface area contributed by atoms with Crippen molar-refractivity contribution in [3.63, 3.8) is 0 Å². The van der Waals surface area contributed by atoms with Crippen molar-refractivity contribution >= 4 is 11.4 Å². The molecule has 5 aliphatic rings. The van der Waals surface area contributed by atoms with Gasteiger partial charge in [0.15, 0.2) is 17.2 Å². The van der Waals surface area contributed by atoms with Crippen LogP contribution in [0, 0.1) is 28.6 Å². The number of rotatable bonds is 2. The summed E-state index contributed by atoms with van der Waals surface area (Å²) in [4.78, 5) is 13.2. The topological polar surface area (TPSA) is 35.5 Å². The van der Waals surface area contributed by atoms with E-state index in [9.17, 15) is 4.79 Å². The Morgan fingerprint density at radius 3 is 2.50 bits per heavy atom. The summed E-state index contributed by atoms with van der Waals surface area (Å²) in [6, 6.07) is 10.7. The highest BCUT2D eigenvalue weighted by atomic mass is 16.8. The molecule has 0 bridgehead atoms. The fourth-order valence-electron chi connectivity index (χ4n) is 8.86. The smallest absolute Gasteiger partial charge is 0.164 e. The first-order valence-corrected chi connectivity index (χ1v) is 13.1. The first-order valence-electron chi connectivity index (χ1n) is 13.1. The number of ketones is 1. The number of carbonyl (C=O) groups excluding carboxylic acids is 1. The van der Waals surface area contributed by atoms with Gasteiger partial charge in [-0.2, -0.15) is 0 Å². The van der Waals surface area contributed by atoms with E-state index in [1.165, 1.54) is 22.3 Å². The summed E-state index contributed by atoms with van der Waals surface area (Å²) in [5, 5.41) is 0. The van der Waals surface area contributed by atoms with Crippen molar-refractivity contribution < 1.29 is 14.3 Å². The summed E-state index contributed by atoms with van der Waals surface area (Å²) >= 11 is 0. The van der Waals surface area contributed by atoms with E-state index in [2.05, 4.69) is 69.3 Å². The first-order chi connectivity index (χ1) is 16.0. The fourth-order valence-corrected chi connectivity index (χ4v) is 8.86. The predicted molar refractivity (Wildman–Crippen MR) is 135 cm³/mol. The van der Waals surface area contributed by atoms with E-state index in [4.69, 9.17) is 9.47 Å². The Morgan fingerprint density at radius 2 is 1.79 bits per heavy atom. The van der Waals surface area contributed by atoms with Gasteiger partial charge < -0.3 is 9.47 Å². The lowest BCUT2D eigenvalue weighted by atomic mass is 9.47. The molecular formula is C31H38O3. The second kappa shape index (κ2) is 7.04. The van der Waals surface area contributed by atoms with Crippen molar-refractivity contribution in [3.8, 4) is 0 Å². The molecule has 3 nitrogen and oxygen atoms in total. The molecule has 0 radical (unpaired) electrons. The van der Waals surface area contributed by atoms with Crippen LogP contribution >= 0.6 is 0 Å². The molecule has 1 heterocycles. The highest BCUT2D eigenvalue weighted by Gasteiger charge is 2.74. The molecule has 0 amide bonds. The monoisotopic (exact) mass is 458 g/mol. The fraction of sp³-hybridized carbons (Fsp3) is 0.581. The second-order valence-electron chi connectivity index (χ2n) is 12.4. The summed E-state index contributed by atoms with van der Waals surface area (Å²) in [6.07, 6.45) is 11.4. The van der Waals surface area contributed by atoms with Crippen molar-refractivity contribution in [1.29, 1.82) is 0 Å². The van der Waals surface area contributed by atoms with Gasteiger partial charge in [0.25, 0.3) is 0 Å². The summed E-state index contributed by atoms with van der Waals surface area (Å²) in [5.74, 6) is 0.852. The molecule has 0 spiro atoms. The molecule has 1 aromatic carbocycles. The minimum absolute atomic E-state index is 0.130. The van der Waals surface area contributed by atoms with E-state index in [1.54, 1.807) is 6.92 Å². The molecule has 3 fully saturated rings. The van der Waals surface area contributed by atoms with Crippen LogP contribution in [-0.2, 0) is 14.3 Å². The zero-order chi connectivity index (χ0) is 24.1. The summed E-state index contributed by atoms with van der Waals surface area (Å²) in [5.41, 5.74) is 4.66. The van der Waals surface area contributed by atoms with Gasteiger partial charge in [-0.25, -0.2) is 0 Å². The number of hydrogen-bond donors (Lipinski definition) is 0. The number of carbonyl (C=O) groups is 1. The Hall–Kier alpha value is -1.97. The molecule has 3 heteroatoms. The summed E-state index contributed by atoms with van der Waals surface area (Å²) < 4.78 is 13.0. The molecule has 1 aromatic rings. The summed E-state index contributed by atoms with van der Waals surface area (Å²) in [7, 11) is 0. The molecule has 0 N–H and O–H groups in total. The SMILES string of the molecule is CC(=O)[C@@]12OC(C)(C)O[C@H]1C[C@H]1[C@@H]3C=C(C)C4=CC(c5ccccc5)=CC[C@]4(C)[C@H]3CC[C@@]12C. The van der Waals surface area contributed by atoms with Crippen LogP contribution < -0.4 is 0 Å². The van der Waals surface area contributed by atoms with Gasteiger partial charge in [0.1, 0.15) is 0 Å². The van der Waals surface area contributed by atoms with Crippen LogP contribution in [0.4, 0.5) is 0 Å². The molecule has 2 saturated carbocycles. The predicted octanol–water partition coefficient (Wildman–Crippen LogP) is 6.90. The van der Waals surface area contributed by atoms with Crippen LogP contribution in [0.3, 0.4) is 0 Å². The Labute approximate surface area is 204 Å². The highest BCUT2D eigenvalue weighted by molar-refractivity contribution is 5.88. The number of hydrogen-bond acceptors (Lipinski definition) is 3. The Morgan fingerprint density at radius 1 is 1.06 bits per heavy atom. The standard InChI is InChI=1S/C31H38O3/c1-19-16-23-24(29(5)14-12-22(17-25(19)29)21-10-8-7-9-11-21)13-15-30(6)26(23)18-27-31(30,20(2)32)34-28(3,4)33-27/h7-12,16-17,23-24,26-27H,13-15,18H2,1-6H3/t23-,24+,26+,27+,29-,30+,31-/m1/s1. The van der Waals surface area contributed by atoms with Gasteiger partial charge in [-0.3, -0.25) is 4.79 Å². The van der Waals surface area contributed by atoms with E-state index in [0.717, 1.165) is 25.7 Å². The number of benzene rings is 1. The van der Waals surface area contributed by atoms with Gasteiger partial charge in [-0.05, 0) is 93.3 Å². The zero-order valence-electron chi connectivity index (χ0n) is 21.5. The number of Topliss-reactive ketones (excluding diaryl/α,β-unsaturated/α-hetero) is 1. The molecule has 1 aliphatic heterocycles. The van der Waals surface area contributed by atoms with E-state index in [1.807, 2.05) is 13.8 Å². The number of allylic oxidation sites excluding steroid dienone is 6. The van der Waals surface area contributed by atoms with Crippen molar-refractivity contribution in [1.82, 2.24) is 0 Å². The van der Waals surface area contributed by atoms with E-state index in [0.29, 0.717) is 17.8 Å². The van der Waals surface area contributed by atoms with Crippen molar-refractivity contribution in [2.45, 2.75) is 84.7 Å².